The molecule has 1 saturated heterocycles. The van der Waals surface area contributed by atoms with Gasteiger partial charge in [0.2, 0.25) is 0 Å². The van der Waals surface area contributed by atoms with Crippen molar-refractivity contribution in [3.8, 4) is 5.75 Å². The number of ether oxygens (including phenoxy) is 1. The number of nitrogens with zero attached hydrogens (tertiary/aromatic N) is 2. The van der Waals surface area contributed by atoms with E-state index in [1.165, 1.54) is 11.1 Å². The molecule has 30 heavy (non-hydrogen) atoms. The van der Waals surface area contributed by atoms with E-state index in [0.29, 0.717) is 17.1 Å². The smallest absolute Gasteiger partial charge is 0.161 e. The highest BCUT2D eigenvalue weighted by molar-refractivity contribution is 6.30. The lowest BCUT2D eigenvalue weighted by Crippen LogP contribution is -2.58. The molecule has 0 saturated carbocycles. The van der Waals surface area contributed by atoms with Crippen LogP contribution in [-0.4, -0.2) is 59.2 Å². The lowest BCUT2D eigenvalue weighted by Gasteiger charge is -2.42. The van der Waals surface area contributed by atoms with Crippen molar-refractivity contribution in [1.29, 1.82) is 0 Å². The van der Waals surface area contributed by atoms with Crippen molar-refractivity contribution in [1.82, 2.24) is 0 Å². The number of aliphatic hydroxyl groups excluding tert-OH is 2. The van der Waals surface area contributed by atoms with Crippen molar-refractivity contribution in [3.63, 3.8) is 0 Å². The quantitative estimate of drug-likeness (QED) is 0.584. The van der Waals surface area contributed by atoms with Crippen LogP contribution in [0.25, 0.3) is 0 Å². The Labute approximate surface area is 176 Å². The van der Waals surface area contributed by atoms with E-state index < -0.39 is 29.6 Å². The van der Waals surface area contributed by atoms with Crippen molar-refractivity contribution < 1.29 is 28.8 Å². The van der Waals surface area contributed by atoms with Crippen LogP contribution in [0.4, 0.5) is 25.8 Å². The van der Waals surface area contributed by atoms with Crippen molar-refractivity contribution in [2.24, 2.45) is 4.99 Å². The molecule has 0 spiro atoms. The molecule has 7 nitrogen and oxygen atoms in total. The molecule has 0 aliphatic carbocycles. The van der Waals surface area contributed by atoms with Gasteiger partial charge in [0.15, 0.2) is 17.9 Å². The number of piperidine rings is 1. The van der Waals surface area contributed by atoms with Gasteiger partial charge in [-0.15, -0.1) is 0 Å². The standard InChI is InChI=1S/C20H20ClF2N3O4/c21-11-6-12(22)19(13(23)7-11)26-5-4-20(29,16(27)9-26)10-30-15-3-1-2-14-18(15)25-17(28)8-24-14/h1-3,6-8,16-17,25,27-29H,4-5,9-10H2/t16-,17?,20-/m1/s1. The van der Waals surface area contributed by atoms with Crippen molar-refractivity contribution in [2.45, 2.75) is 24.4 Å². The average molecular weight is 440 g/mol. The first kappa shape index (κ1) is 20.8. The number of anilines is 2. The molecule has 4 N–H and O–H groups in total. The number of β-amino-alcohol motifs (C(OH)–C–C–N with tert-alkyl or cyclic N) is 1. The lowest BCUT2D eigenvalue weighted by atomic mass is 9.89. The van der Waals surface area contributed by atoms with Crippen LogP contribution in [0.5, 0.6) is 5.75 Å². The van der Waals surface area contributed by atoms with Gasteiger partial charge >= 0.3 is 0 Å². The minimum atomic E-state index is -1.63. The van der Waals surface area contributed by atoms with Crippen molar-refractivity contribution in [3.05, 3.63) is 47.0 Å². The fourth-order valence-electron chi connectivity index (χ4n) is 3.60. The van der Waals surface area contributed by atoms with Gasteiger partial charge in [0, 0.05) is 18.1 Å². The van der Waals surface area contributed by atoms with E-state index in [9.17, 15) is 24.1 Å². The molecule has 2 aliphatic rings. The Morgan fingerprint density at radius 1 is 1.27 bits per heavy atom. The number of hydrogen-bond donors (Lipinski definition) is 4. The van der Waals surface area contributed by atoms with Crippen LogP contribution in [0, 0.1) is 11.6 Å². The monoisotopic (exact) mass is 439 g/mol. The maximum atomic E-state index is 14.2. The van der Waals surface area contributed by atoms with E-state index in [4.69, 9.17) is 16.3 Å². The van der Waals surface area contributed by atoms with E-state index >= 15 is 0 Å². The Bertz CT molecular complexity index is 970. The Kier molecular flexibility index (Phi) is 5.54. The molecule has 0 bridgehead atoms. The Hall–Kier alpha value is -2.46. The number of hydrogen-bond acceptors (Lipinski definition) is 7. The Morgan fingerprint density at radius 3 is 2.70 bits per heavy atom. The summed E-state index contributed by atoms with van der Waals surface area (Å²) in [7, 11) is 0. The zero-order chi connectivity index (χ0) is 21.5. The minimum Gasteiger partial charge on any atom is -0.488 e. The second kappa shape index (κ2) is 7.99. The predicted molar refractivity (Wildman–Crippen MR) is 109 cm³/mol. The molecule has 10 heteroatoms. The normalized spacial score (nSPS) is 25.6. The first-order valence-electron chi connectivity index (χ1n) is 9.31. The number of para-hydroxylation sites is 1. The van der Waals surface area contributed by atoms with E-state index in [1.807, 2.05) is 0 Å². The van der Waals surface area contributed by atoms with Gasteiger partial charge in [-0.05, 0) is 30.7 Å². The zero-order valence-corrected chi connectivity index (χ0v) is 16.5. The van der Waals surface area contributed by atoms with Gasteiger partial charge < -0.3 is 30.3 Å². The highest BCUT2D eigenvalue weighted by atomic mass is 35.5. The van der Waals surface area contributed by atoms with Crippen LogP contribution in [0.2, 0.25) is 5.02 Å². The van der Waals surface area contributed by atoms with E-state index in [-0.39, 0.29) is 36.8 Å². The molecule has 0 amide bonds. The average Bonchev–Trinajstić information content (AvgIpc) is 2.68. The second-order valence-electron chi connectivity index (χ2n) is 7.34. The number of aliphatic hydroxyl groups is 3. The first-order chi connectivity index (χ1) is 14.3. The number of nitrogens with one attached hydrogen (secondary N) is 1. The number of halogens is 3. The summed E-state index contributed by atoms with van der Waals surface area (Å²) in [6, 6.07) is 7.08. The summed E-state index contributed by atoms with van der Waals surface area (Å²) in [5, 5.41) is 33.9. The summed E-state index contributed by atoms with van der Waals surface area (Å²) in [4.78, 5) is 5.44. The van der Waals surface area contributed by atoms with Gasteiger partial charge in [-0.1, -0.05) is 17.7 Å². The summed E-state index contributed by atoms with van der Waals surface area (Å²) >= 11 is 5.66. The van der Waals surface area contributed by atoms with Crippen LogP contribution in [0.1, 0.15) is 6.42 Å². The zero-order valence-electron chi connectivity index (χ0n) is 15.7. The molecule has 2 aromatic rings. The number of fused-ring (bicyclic) bond motifs is 1. The topological polar surface area (TPSA) is 97.6 Å². The molecule has 2 aliphatic heterocycles. The number of rotatable bonds is 4. The molecule has 0 aromatic heterocycles. The van der Waals surface area contributed by atoms with Crippen LogP contribution >= 0.6 is 11.6 Å². The minimum absolute atomic E-state index is 0.0128. The SMILES string of the molecule is OC1C=Nc2cccc(OC[C@]3(O)CCN(c4c(F)cc(Cl)cc4F)C[C@H]3O)c2N1. The third kappa shape index (κ3) is 3.93. The van der Waals surface area contributed by atoms with Crippen LogP contribution in [-0.2, 0) is 0 Å². The van der Waals surface area contributed by atoms with Gasteiger partial charge in [0.05, 0.1) is 11.9 Å². The van der Waals surface area contributed by atoms with Crippen LogP contribution in [0.15, 0.2) is 35.3 Å². The molecule has 0 radical (unpaired) electrons. The number of aliphatic imine (C=N–C) groups is 1. The maximum Gasteiger partial charge on any atom is 0.161 e. The first-order valence-corrected chi connectivity index (χ1v) is 9.69. The summed E-state index contributed by atoms with van der Waals surface area (Å²) in [5.41, 5.74) is -0.897. The fraction of sp³-hybridized carbons (Fsp3) is 0.350. The second-order valence-corrected chi connectivity index (χ2v) is 7.78. The van der Waals surface area contributed by atoms with Gasteiger partial charge in [0.1, 0.15) is 35.4 Å². The highest BCUT2D eigenvalue weighted by Gasteiger charge is 2.42. The van der Waals surface area contributed by atoms with Gasteiger partial charge in [-0.3, -0.25) is 4.99 Å². The molecule has 1 unspecified atom stereocenters. The fourth-order valence-corrected chi connectivity index (χ4v) is 3.80. The van der Waals surface area contributed by atoms with Crippen LogP contribution in [0.3, 0.4) is 0 Å². The van der Waals surface area contributed by atoms with Gasteiger partial charge in [-0.25, -0.2) is 8.78 Å². The van der Waals surface area contributed by atoms with E-state index in [0.717, 1.165) is 12.1 Å². The lowest BCUT2D eigenvalue weighted by molar-refractivity contribution is -0.108. The highest BCUT2D eigenvalue weighted by Crippen LogP contribution is 2.38. The summed E-state index contributed by atoms with van der Waals surface area (Å²) in [6.07, 6.45) is -0.937. The maximum absolute atomic E-state index is 14.2. The molecule has 1 fully saturated rings. The van der Waals surface area contributed by atoms with Gasteiger partial charge in [-0.2, -0.15) is 0 Å². The van der Waals surface area contributed by atoms with Crippen molar-refractivity contribution in [2.75, 3.05) is 29.9 Å². The largest absolute Gasteiger partial charge is 0.488 e. The third-order valence-electron chi connectivity index (χ3n) is 5.26. The summed E-state index contributed by atoms with van der Waals surface area (Å²) in [6.45, 7) is -0.352. The van der Waals surface area contributed by atoms with Crippen molar-refractivity contribution >= 4 is 34.9 Å². The molecule has 2 aromatic carbocycles. The molecule has 4 rings (SSSR count). The van der Waals surface area contributed by atoms with Gasteiger partial charge in [0.25, 0.3) is 0 Å². The Balaban J connectivity index is 1.47. The van der Waals surface area contributed by atoms with E-state index in [2.05, 4.69) is 10.3 Å². The van der Waals surface area contributed by atoms with E-state index in [1.54, 1.807) is 18.2 Å². The van der Waals surface area contributed by atoms with Crippen LogP contribution < -0.4 is 15.0 Å². The predicted octanol–water partition coefficient (Wildman–Crippen LogP) is 2.45. The third-order valence-corrected chi connectivity index (χ3v) is 5.47. The molecule has 2 heterocycles. The summed E-state index contributed by atoms with van der Waals surface area (Å²) < 4.78 is 34.1. The number of benzene rings is 2. The molecular formula is C20H20ClF2N3O4. The molecular weight excluding hydrogens is 420 g/mol. The Morgan fingerprint density at radius 2 is 2.00 bits per heavy atom. The molecule has 160 valence electrons. The molecule has 3 atom stereocenters. The summed E-state index contributed by atoms with van der Waals surface area (Å²) in [5.74, 6) is -1.33.